The minimum atomic E-state index is -0.210. The maximum atomic E-state index is 2.78. The molecule has 0 heterocycles. The lowest BCUT2D eigenvalue weighted by molar-refractivity contribution is 0.335. The van der Waals surface area contributed by atoms with E-state index in [1.165, 1.54) is 127 Å². The second-order valence-corrected chi connectivity index (χ2v) is 23.4. The van der Waals surface area contributed by atoms with Crippen LogP contribution in [0.5, 0.6) is 0 Å². The molecule has 0 aromatic heterocycles. The fraction of sp³-hybridized carbons (Fsp3) is 0.304. The molecule has 1 fully saturated rings. The van der Waals surface area contributed by atoms with E-state index in [1.54, 1.807) is 16.7 Å². The number of benzene rings is 8. The van der Waals surface area contributed by atoms with Gasteiger partial charge in [-0.3, -0.25) is 0 Å². The van der Waals surface area contributed by atoms with Gasteiger partial charge in [0.1, 0.15) is 0 Å². The van der Waals surface area contributed by atoms with Crippen LogP contribution in [-0.2, 0) is 33.7 Å². The summed E-state index contributed by atoms with van der Waals surface area (Å²) in [7, 11) is 0. The zero-order chi connectivity index (χ0) is 48.1. The Kier molecular flexibility index (Phi) is 9.24. The number of para-hydroxylation sites is 2. The van der Waals surface area contributed by atoms with Gasteiger partial charge in [-0.05, 0) is 169 Å². The van der Waals surface area contributed by atoms with Crippen LogP contribution in [0.15, 0.2) is 170 Å². The van der Waals surface area contributed by atoms with Gasteiger partial charge in [-0.25, -0.2) is 0 Å². The van der Waals surface area contributed by atoms with Crippen molar-refractivity contribution in [2.75, 3.05) is 9.80 Å². The van der Waals surface area contributed by atoms with E-state index in [0.717, 1.165) is 32.1 Å². The highest BCUT2D eigenvalue weighted by molar-refractivity contribution is 5.91. The van der Waals surface area contributed by atoms with Gasteiger partial charge in [0.15, 0.2) is 0 Å². The molecule has 0 radical (unpaired) electrons. The van der Waals surface area contributed by atoms with Crippen molar-refractivity contribution in [3.05, 3.63) is 225 Å². The molecule has 1 spiro atoms. The molecule has 0 saturated heterocycles. The SMILES string of the molecule is CCCC1(N(c2ccccc2)c2ccc3c(c2)C(C)(C)c2ccccc2-3)Cc2cc3c(cc21)C1(CCCCC1)c1cc2c(cc1-3)C2(CCC)N(c1ccccc1)c1ccc2c(c1)C(C)(C)c1ccccc1-2. The van der Waals surface area contributed by atoms with Crippen LogP contribution in [-0.4, -0.2) is 0 Å². The van der Waals surface area contributed by atoms with E-state index in [1.807, 2.05) is 0 Å². The molecule has 6 aliphatic rings. The highest BCUT2D eigenvalue weighted by Crippen LogP contribution is 2.67. The standard InChI is InChI=1S/C69H66N2/c1-7-34-68(70(46-22-12-9-13-23-46)48-30-32-52-50-26-16-18-28-56(50)65(3,4)59(52)39-48)44-45-38-54-55-41-63-64(43-62(55)67(36-20-11-21-37-67)61(54)42-58(45)68)69(63,35-8-2)71(47-24-14-10-15-25-47)49-31-33-53-51-27-17-19-29-57(51)66(5,6)60(53)40-49/h9-10,12-19,22-33,38-43H,7-8,11,20-21,34-37,44H2,1-6H3. The van der Waals surface area contributed by atoms with Crippen molar-refractivity contribution < 1.29 is 0 Å². The van der Waals surface area contributed by atoms with Crippen molar-refractivity contribution in [1.82, 2.24) is 0 Å². The maximum Gasteiger partial charge on any atom is 0.0962 e. The van der Waals surface area contributed by atoms with Gasteiger partial charge >= 0.3 is 0 Å². The predicted octanol–water partition coefficient (Wildman–Crippen LogP) is 18.1. The lowest BCUT2D eigenvalue weighted by Crippen LogP contribution is -2.52. The Hall–Kier alpha value is -6.64. The molecule has 71 heavy (non-hydrogen) atoms. The van der Waals surface area contributed by atoms with Crippen molar-refractivity contribution in [3.8, 4) is 33.4 Å². The number of rotatable bonds is 10. The summed E-state index contributed by atoms with van der Waals surface area (Å²) < 4.78 is 0. The topological polar surface area (TPSA) is 6.48 Å². The van der Waals surface area contributed by atoms with E-state index in [4.69, 9.17) is 0 Å². The first-order chi connectivity index (χ1) is 34.6. The van der Waals surface area contributed by atoms with Crippen LogP contribution < -0.4 is 9.80 Å². The summed E-state index contributed by atoms with van der Waals surface area (Å²) in [5.74, 6) is 0. The third-order valence-corrected chi connectivity index (χ3v) is 19.0. The third kappa shape index (κ3) is 5.71. The molecule has 352 valence electrons. The molecule has 6 aliphatic carbocycles. The molecule has 2 unspecified atom stereocenters. The average Bonchev–Trinajstić information content (AvgIpc) is 3.74. The van der Waals surface area contributed by atoms with Crippen molar-refractivity contribution in [1.29, 1.82) is 0 Å². The second kappa shape index (κ2) is 15.2. The number of fused-ring (bicyclic) bond motifs is 13. The van der Waals surface area contributed by atoms with Gasteiger partial charge in [-0.1, -0.05) is 189 Å². The average molecular weight is 923 g/mol. The Bertz CT molecular complexity index is 3480. The zero-order valence-electron chi connectivity index (χ0n) is 42.6. The number of anilines is 4. The zero-order valence-corrected chi connectivity index (χ0v) is 42.6. The Morgan fingerprint density at radius 2 is 0.845 bits per heavy atom. The Labute approximate surface area is 422 Å². The number of nitrogens with zero attached hydrogens (tertiary/aromatic N) is 2. The van der Waals surface area contributed by atoms with Crippen LogP contribution in [0.2, 0.25) is 0 Å². The largest absolute Gasteiger partial charge is 0.331 e. The molecule has 2 nitrogen and oxygen atoms in total. The maximum absolute atomic E-state index is 2.78. The van der Waals surface area contributed by atoms with Gasteiger partial charge in [-0.2, -0.15) is 0 Å². The smallest absolute Gasteiger partial charge is 0.0962 e. The molecule has 0 bridgehead atoms. The van der Waals surface area contributed by atoms with E-state index >= 15 is 0 Å². The summed E-state index contributed by atoms with van der Waals surface area (Å²) in [6, 6.07) is 66.6. The highest BCUT2D eigenvalue weighted by Gasteiger charge is 2.59. The Morgan fingerprint density at radius 1 is 0.366 bits per heavy atom. The quantitative estimate of drug-likeness (QED) is 0.135. The van der Waals surface area contributed by atoms with E-state index < -0.39 is 0 Å². The molecule has 8 aromatic carbocycles. The Morgan fingerprint density at radius 3 is 1.42 bits per heavy atom. The van der Waals surface area contributed by atoms with E-state index in [-0.39, 0.29) is 27.3 Å². The van der Waals surface area contributed by atoms with Gasteiger partial charge in [0.05, 0.1) is 11.1 Å². The molecule has 0 aliphatic heterocycles. The lowest BCUT2D eigenvalue weighted by atomic mass is 9.62. The lowest BCUT2D eigenvalue weighted by Gasteiger charge is -2.54. The fourth-order valence-corrected chi connectivity index (χ4v) is 15.8. The molecule has 8 aromatic rings. The van der Waals surface area contributed by atoms with Crippen molar-refractivity contribution in [3.63, 3.8) is 0 Å². The molecular formula is C69H66N2. The summed E-state index contributed by atoms with van der Waals surface area (Å²) in [4.78, 5) is 5.52. The normalized spacial score (nSPS) is 21.2. The van der Waals surface area contributed by atoms with Gasteiger partial charge in [-0.15, -0.1) is 0 Å². The number of hydrogen-bond acceptors (Lipinski definition) is 2. The van der Waals surface area contributed by atoms with E-state index in [9.17, 15) is 0 Å². The van der Waals surface area contributed by atoms with Crippen LogP contribution >= 0.6 is 0 Å². The molecular weight excluding hydrogens is 857 g/mol. The van der Waals surface area contributed by atoms with Crippen LogP contribution in [0.1, 0.15) is 155 Å². The van der Waals surface area contributed by atoms with Crippen LogP contribution in [0, 0.1) is 0 Å². The molecule has 2 atom stereocenters. The summed E-state index contributed by atoms with van der Waals surface area (Å²) in [5.41, 5.74) is 28.3. The monoisotopic (exact) mass is 923 g/mol. The van der Waals surface area contributed by atoms with E-state index in [0.29, 0.717) is 0 Å². The first kappa shape index (κ1) is 43.2. The number of hydrogen-bond donors (Lipinski definition) is 0. The van der Waals surface area contributed by atoms with Crippen molar-refractivity contribution in [2.45, 2.75) is 133 Å². The molecule has 1 saturated carbocycles. The van der Waals surface area contributed by atoms with Gasteiger partial charge in [0, 0.05) is 45.4 Å². The van der Waals surface area contributed by atoms with Crippen LogP contribution in [0.4, 0.5) is 22.7 Å². The third-order valence-electron chi connectivity index (χ3n) is 19.0. The summed E-state index contributed by atoms with van der Waals surface area (Å²) >= 11 is 0. The fourth-order valence-electron chi connectivity index (χ4n) is 15.8. The molecule has 14 rings (SSSR count). The minimum Gasteiger partial charge on any atom is -0.331 e. The predicted molar refractivity (Wildman–Crippen MR) is 297 cm³/mol. The van der Waals surface area contributed by atoms with E-state index in [2.05, 4.69) is 221 Å². The highest BCUT2D eigenvalue weighted by atomic mass is 15.2. The first-order valence-electron chi connectivity index (χ1n) is 27.1. The molecule has 0 amide bonds. The van der Waals surface area contributed by atoms with Gasteiger partial charge < -0.3 is 9.80 Å². The summed E-state index contributed by atoms with van der Waals surface area (Å²) in [6.07, 6.45) is 11.7. The first-order valence-corrected chi connectivity index (χ1v) is 27.1. The molecule has 0 N–H and O–H groups in total. The Balaban J connectivity index is 0.915. The van der Waals surface area contributed by atoms with Crippen LogP contribution in [0.3, 0.4) is 0 Å². The summed E-state index contributed by atoms with van der Waals surface area (Å²) in [6.45, 7) is 14.5. The van der Waals surface area contributed by atoms with Gasteiger partial charge in [0.25, 0.3) is 0 Å². The van der Waals surface area contributed by atoms with Crippen LogP contribution in [0.25, 0.3) is 33.4 Å². The van der Waals surface area contributed by atoms with Crippen molar-refractivity contribution >= 4 is 22.7 Å². The van der Waals surface area contributed by atoms with Crippen molar-refractivity contribution in [2.24, 2.45) is 0 Å². The second-order valence-electron chi connectivity index (χ2n) is 23.4. The van der Waals surface area contributed by atoms with Gasteiger partial charge in [0.2, 0.25) is 0 Å². The minimum absolute atomic E-state index is 0.0168. The molecule has 2 heteroatoms. The summed E-state index contributed by atoms with van der Waals surface area (Å²) in [5, 5.41) is 0.